The molecule has 0 amide bonds. The molecule has 0 radical (unpaired) electrons. The minimum atomic E-state index is -0.770. The van der Waals surface area contributed by atoms with E-state index in [4.69, 9.17) is 14.2 Å². The van der Waals surface area contributed by atoms with Crippen molar-refractivity contribution < 1.29 is 28.6 Å². The first kappa shape index (κ1) is 62.8. The molecule has 6 nitrogen and oxygen atoms in total. The second-order valence-corrected chi connectivity index (χ2v) is 18.5. The molecule has 0 aliphatic carbocycles. The molecule has 0 rings (SSSR count). The van der Waals surface area contributed by atoms with Crippen LogP contribution in [0.15, 0.2) is 72.9 Å². The molecule has 1 atom stereocenters. The summed E-state index contributed by atoms with van der Waals surface area (Å²) in [6.45, 7) is 6.49. The van der Waals surface area contributed by atoms with E-state index in [2.05, 4.69) is 93.7 Å². The highest BCUT2D eigenvalue weighted by Gasteiger charge is 2.19. The second kappa shape index (κ2) is 54.5. The van der Waals surface area contributed by atoms with Gasteiger partial charge in [0, 0.05) is 19.3 Å². The van der Waals surface area contributed by atoms with Gasteiger partial charge in [-0.05, 0) is 70.6 Å². The highest BCUT2D eigenvalue weighted by Crippen LogP contribution is 2.15. The summed E-state index contributed by atoms with van der Waals surface area (Å²) in [5, 5.41) is 0. The van der Waals surface area contributed by atoms with Crippen LogP contribution < -0.4 is 0 Å². The lowest BCUT2D eigenvalue weighted by Gasteiger charge is -2.18. The highest BCUT2D eigenvalue weighted by atomic mass is 16.6. The molecule has 380 valence electrons. The van der Waals surface area contributed by atoms with Crippen molar-refractivity contribution in [2.75, 3.05) is 13.2 Å². The summed E-state index contributed by atoms with van der Waals surface area (Å²) >= 11 is 0. The monoisotopic (exact) mass is 921 g/mol. The molecule has 0 aliphatic rings. The largest absolute Gasteiger partial charge is 0.462 e. The Morgan fingerprint density at radius 2 is 0.591 bits per heavy atom. The quantitative estimate of drug-likeness (QED) is 0.0262. The number of hydrogen-bond donors (Lipinski definition) is 0. The number of unbranched alkanes of at least 4 members (excludes halogenated alkanes) is 27. The van der Waals surface area contributed by atoms with Crippen LogP contribution in [0.25, 0.3) is 0 Å². The van der Waals surface area contributed by atoms with Crippen LogP contribution in [0.5, 0.6) is 0 Å². The van der Waals surface area contributed by atoms with Gasteiger partial charge in [-0.3, -0.25) is 14.4 Å². The predicted octanol–water partition coefficient (Wildman–Crippen LogP) is 18.6. The third kappa shape index (κ3) is 51.8. The predicted molar refractivity (Wildman–Crippen MR) is 284 cm³/mol. The van der Waals surface area contributed by atoms with Crippen LogP contribution in [-0.2, 0) is 28.6 Å². The summed E-state index contributed by atoms with van der Waals surface area (Å²) in [6, 6.07) is 0. The molecule has 0 heterocycles. The fraction of sp³-hybridized carbons (Fsp3) is 0.750. The topological polar surface area (TPSA) is 78.9 Å². The van der Waals surface area contributed by atoms with Crippen LogP contribution in [0.1, 0.15) is 271 Å². The Bertz CT molecular complexity index is 1240. The summed E-state index contributed by atoms with van der Waals surface area (Å²) in [5.74, 6) is -0.877. The molecular formula is C60H104O6. The lowest BCUT2D eigenvalue weighted by atomic mass is 10.1. The van der Waals surface area contributed by atoms with Crippen molar-refractivity contribution in [3.8, 4) is 0 Å². The summed E-state index contributed by atoms with van der Waals surface area (Å²) in [6.07, 6.45) is 69.1. The fourth-order valence-corrected chi connectivity index (χ4v) is 7.80. The second-order valence-electron chi connectivity index (χ2n) is 18.5. The number of allylic oxidation sites excluding steroid dienone is 12. The lowest BCUT2D eigenvalue weighted by molar-refractivity contribution is -0.167. The van der Waals surface area contributed by atoms with E-state index < -0.39 is 6.10 Å². The van der Waals surface area contributed by atoms with Crippen LogP contribution in [-0.4, -0.2) is 37.2 Å². The molecule has 0 fully saturated rings. The van der Waals surface area contributed by atoms with Crippen LogP contribution in [0, 0.1) is 0 Å². The van der Waals surface area contributed by atoms with Gasteiger partial charge in [0.1, 0.15) is 13.2 Å². The number of carbonyl (C=O) groups is 3. The molecular weight excluding hydrogens is 817 g/mol. The Morgan fingerprint density at radius 1 is 0.318 bits per heavy atom. The first-order valence-electron chi connectivity index (χ1n) is 27.9. The summed E-state index contributed by atoms with van der Waals surface area (Å²) in [7, 11) is 0. The highest BCUT2D eigenvalue weighted by molar-refractivity contribution is 5.71. The summed E-state index contributed by atoms with van der Waals surface area (Å²) in [5.41, 5.74) is 0. The normalized spacial score (nSPS) is 12.6. The molecule has 0 aromatic heterocycles. The third-order valence-corrected chi connectivity index (χ3v) is 12.0. The average molecular weight is 921 g/mol. The molecule has 66 heavy (non-hydrogen) atoms. The van der Waals surface area contributed by atoms with Crippen molar-refractivity contribution in [1.82, 2.24) is 0 Å². The average Bonchev–Trinajstić information content (AvgIpc) is 3.31. The van der Waals surface area contributed by atoms with Gasteiger partial charge in [-0.25, -0.2) is 0 Å². The first-order chi connectivity index (χ1) is 32.5. The summed E-state index contributed by atoms with van der Waals surface area (Å²) < 4.78 is 16.8. The van der Waals surface area contributed by atoms with Crippen molar-refractivity contribution in [2.45, 2.75) is 277 Å². The molecule has 0 aliphatic heterocycles. The van der Waals surface area contributed by atoms with Crippen molar-refractivity contribution >= 4 is 17.9 Å². The first-order valence-corrected chi connectivity index (χ1v) is 27.9. The number of rotatable bonds is 50. The smallest absolute Gasteiger partial charge is 0.306 e. The van der Waals surface area contributed by atoms with Gasteiger partial charge < -0.3 is 14.2 Å². The van der Waals surface area contributed by atoms with Gasteiger partial charge in [-0.1, -0.05) is 254 Å². The Kier molecular flexibility index (Phi) is 51.9. The van der Waals surface area contributed by atoms with Crippen LogP contribution in [0.3, 0.4) is 0 Å². The maximum Gasteiger partial charge on any atom is 0.306 e. The molecule has 0 bridgehead atoms. The van der Waals surface area contributed by atoms with Gasteiger partial charge in [-0.2, -0.15) is 0 Å². The van der Waals surface area contributed by atoms with Gasteiger partial charge in [0.25, 0.3) is 0 Å². The fourth-order valence-electron chi connectivity index (χ4n) is 7.80. The number of ether oxygens (including phenoxy) is 3. The minimum absolute atomic E-state index is 0.0728. The van der Waals surface area contributed by atoms with Gasteiger partial charge in [0.2, 0.25) is 0 Å². The molecule has 0 aromatic rings. The van der Waals surface area contributed by atoms with Gasteiger partial charge in [-0.15, -0.1) is 0 Å². The lowest BCUT2D eigenvalue weighted by Crippen LogP contribution is -2.30. The van der Waals surface area contributed by atoms with E-state index in [1.54, 1.807) is 0 Å². The molecule has 0 aromatic carbocycles. The molecule has 0 spiro atoms. The third-order valence-electron chi connectivity index (χ3n) is 12.0. The zero-order valence-corrected chi connectivity index (χ0v) is 43.4. The van der Waals surface area contributed by atoms with Gasteiger partial charge in [0.05, 0.1) is 0 Å². The van der Waals surface area contributed by atoms with E-state index in [0.29, 0.717) is 19.3 Å². The van der Waals surface area contributed by atoms with E-state index in [1.807, 2.05) is 0 Å². The maximum absolute atomic E-state index is 12.7. The molecule has 1 unspecified atom stereocenters. The molecule has 0 saturated carbocycles. The van der Waals surface area contributed by atoms with E-state index in [1.165, 1.54) is 135 Å². The molecule has 6 heteroatoms. The van der Waals surface area contributed by atoms with E-state index in [0.717, 1.165) is 96.3 Å². The van der Waals surface area contributed by atoms with E-state index in [-0.39, 0.29) is 31.1 Å². The Labute approximate surface area is 408 Å². The number of carbonyl (C=O) groups excluding carboxylic acids is 3. The molecule has 0 N–H and O–H groups in total. The summed E-state index contributed by atoms with van der Waals surface area (Å²) in [4.78, 5) is 37.8. The van der Waals surface area contributed by atoms with Crippen molar-refractivity contribution in [2.24, 2.45) is 0 Å². The van der Waals surface area contributed by atoms with Gasteiger partial charge >= 0.3 is 17.9 Å². The Hall–Kier alpha value is -3.15. The van der Waals surface area contributed by atoms with Crippen molar-refractivity contribution in [3.63, 3.8) is 0 Å². The zero-order chi connectivity index (χ0) is 47.9. The van der Waals surface area contributed by atoms with Crippen molar-refractivity contribution in [1.29, 1.82) is 0 Å². The van der Waals surface area contributed by atoms with Crippen molar-refractivity contribution in [3.05, 3.63) is 72.9 Å². The maximum atomic E-state index is 12.7. The Balaban J connectivity index is 4.11. The van der Waals surface area contributed by atoms with Gasteiger partial charge in [0.15, 0.2) is 6.10 Å². The SMILES string of the molecule is CC/C=C\C/C=C\C/C=C\C/C=C\C/C=C\C/C=C\CCCCCCCCCCCCC(=O)OCC(COC(=O)CCCCCCCCCC)OC(=O)CCCCCCCCCCCCC. The Morgan fingerprint density at radius 3 is 0.924 bits per heavy atom. The van der Waals surface area contributed by atoms with Crippen LogP contribution in [0.4, 0.5) is 0 Å². The molecule has 0 saturated heterocycles. The standard InChI is InChI=1S/C60H104O6/c1-4-7-10-13-16-19-21-22-23-24-25-26-27-28-29-30-31-32-33-34-35-36-37-38-40-41-44-47-50-53-59(62)65-56-57(55-64-58(61)52-49-46-43-18-15-12-9-6-3)66-60(63)54-51-48-45-42-39-20-17-14-11-8-5-2/h7,10,16,19,22-23,25-26,28-29,31-32,57H,4-6,8-9,11-15,17-18,20-21,24,27,30,33-56H2,1-3H3/b10-7-,19-16-,23-22-,26-25-,29-28-,32-31-. The number of esters is 3. The minimum Gasteiger partial charge on any atom is -0.462 e. The van der Waals surface area contributed by atoms with Crippen LogP contribution >= 0.6 is 0 Å². The van der Waals surface area contributed by atoms with E-state index in [9.17, 15) is 14.4 Å². The van der Waals surface area contributed by atoms with E-state index >= 15 is 0 Å². The zero-order valence-electron chi connectivity index (χ0n) is 43.4. The van der Waals surface area contributed by atoms with Crippen LogP contribution in [0.2, 0.25) is 0 Å². The number of hydrogen-bond acceptors (Lipinski definition) is 6.